The molecule has 3 rings (SSSR count). The van der Waals surface area contributed by atoms with Crippen LogP contribution < -0.4 is 5.32 Å². The van der Waals surface area contributed by atoms with E-state index in [4.69, 9.17) is 20.3 Å². The van der Waals surface area contributed by atoms with Gasteiger partial charge in [0.05, 0.1) is 16.7 Å². The highest BCUT2D eigenvalue weighted by Gasteiger charge is 2.37. The topological polar surface area (TPSA) is 81.2 Å². The highest BCUT2D eigenvalue weighted by atomic mass is 32.2. The van der Waals surface area contributed by atoms with E-state index in [1.807, 2.05) is 12.1 Å². The summed E-state index contributed by atoms with van der Waals surface area (Å²) in [6.07, 6.45) is 1.92. The molecule has 1 spiro atoms. The molecule has 0 aromatic heterocycles. The van der Waals surface area contributed by atoms with Crippen LogP contribution in [0.25, 0.3) is 0 Å². The van der Waals surface area contributed by atoms with E-state index in [0.717, 1.165) is 42.7 Å². The van der Waals surface area contributed by atoms with Gasteiger partial charge in [0.25, 0.3) is 0 Å². The van der Waals surface area contributed by atoms with Gasteiger partial charge in [-0.1, -0.05) is 11.8 Å². The molecule has 0 amide bonds. The minimum Gasteiger partial charge on any atom is -0.381 e. The van der Waals surface area contributed by atoms with Gasteiger partial charge in [0.2, 0.25) is 0 Å². The number of thioether (sulfide) groups is 1. The van der Waals surface area contributed by atoms with E-state index in [1.54, 1.807) is 30.0 Å². The third-order valence-corrected chi connectivity index (χ3v) is 4.90. The third-order valence-electron chi connectivity index (χ3n) is 3.75. The van der Waals surface area contributed by atoms with Crippen molar-refractivity contribution in [1.82, 2.24) is 0 Å². The smallest absolute Gasteiger partial charge is 0.161 e. The molecule has 0 unspecified atom stereocenters. The van der Waals surface area contributed by atoms with Crippen LogP contribution >= 0.6 is 11.8 Å². The number of rotatable bonds is 1. The van der Waals surface area contributed by atoms with Gasteiger partial charge in [0, 0.05) is 24.7 Å². The Bertz CT molecular complexity index is 665. The molecule has 1 N–H and O–H groups in total. The predicted molar refractivity (Wildman–Crippen MR) is 82.2 cm³/mol. The number of hydrogen-bond acceptors (Lipinski definition) is 6. The second-order valence-electron chi connectivity index (χ2n) is 5.15. The molecule has 0 atom stereocenters. The third kappa shape index (κ3) is 2.87. The zero-order chi connectivity index (χ0) is 14.7. The van der Waals surface area contributed by atoms with Gasteiger partial charge < -0.3 is 10.1 Å². The SMILES string of the molecule is N#Cc1ccc(NC2=NC3(CCOCC3)CS2)cc1C#N. The monoisotopic (exact) mass is 298 g/mol. The van der Waals surface area contributed by atoms with Crippen molar-refractivity contribution in [2.75, 3.05) is 24.3 Å². The molecule has 1 fully saturated rings. The summed E-state index contributed by atoms with van der Waals surface area (Å²) in [7, 11) is 0. The highest BCUT2D eigenvalue weighted by Crippen LogP contribution is 2.36. The number of amidine groups is 1. The second kappa shape index (κ2) is 5.77. The minimum absolute atomic E-state index is 0.00982. The molecule has 0 saturated carbocycles. The summed E-state index contributed by atoms with van der Waals surface area (Å²) >= 11 is 1.70. The van der Waals surface area contributed by atoms with Crippen molar-refractivity contribution in [3.63, 3.8) is 0 Å². The van der Waals surface area contributed by atoms with Gasteiger partial charge in [-0.3, -0.25) is 4.99 Å². The Morgan fingerprint density at radius 3 is 2.67 bits per heavy atom. The molecule has 6 heteroatoms. The molecule has 1 aromatic rings. The van der Waals surface area contributed by atoms with E-state index in [1.165, 1.54) is 0 Å². The van der Waals surface area contributed by atoms with Crippen molar-refractivity contribution in [2.45, 2.75) is 18.4 Å². The first-order valence-corrected chi connectivity index (χ1v) is 7.75. The van der Waals surface area contributed by atoms with Gasteiger partial charge in [-0.05, 0) is 31.0 Å². The van der Waals surface area contributed by atoms with Crippen molar-refractivity contribution < 1.29 is 4.74 Å². The number of ether oxygens (including phenoxy) is 1. The van der Waals surface area contributed by atoms with E-state index < -0.39 is 0 Å². The Labute approximate surface area is 127 Å². The molecule has 106 valence electrons. The Balaban J connectivity index is 1.77. The van der Waals surface area contributed by atoms with Crippen LogP contribution in [0.5, 0.6) is 0 Å². The minimum atomic E-state index is 0.00982. The van der Waals surface area contributed by atoms with Crippen molar-refractivity contribution >= 4 is 22.6 Å². The maximum Gasteiger partial charge on any atom is 0.161 e. The molecule has 2 aliphatic rings. The van der Waals surface area contributed by atoms with Gasteiger partial charge in [-0.15, -0.1) is 0 Å². The first kappa shape index (κ1) is 13.9. The van der Waals surface area contributed by atoms with E-state index >= 15 is 0 Å². The van der Waals surface area contributed by atoms with Gasteiger partial charge in [0.1, 0.15) is 12.1 Å². The van der Waals surface area contributed by atoms with Crippen LogP contribution in [0.1, 0.15) is 24.0 Å². The number of nitrogens with one attached hydrogen (secondary N) is 1. The quantitative estimate of drug-likeness (QED) is 0.861. The fourth-order valence-corrected chi connectivity index (χ4v) is 3.70. The van der Waals surface area contributed by atoms with E-state index in [2.05, 4.69) is 5.32 Å². The molecule has 21 heavy (non-hydrogen) atoms. The number of anilines is 1. The van der Waals surface area contributed by atoms with Crippen molar-refractivity contribution in [3.8, 4) is 12.1 Å². The van der Waals surface area contributed by atoms with Crippen LogP contribution in [-0.2, 0) is 4.74 Å². The number of nitriles is 2. The number of benzene rings is 1. The average Bonchev–Trinajstić information content (AvgIpc) is 2.90. The van der Waals surface area contributed by atoms with Gasteiger partial charge in [0.15, 0.2) is 5.17 Å². The molecule has 1 aromatic carbocycles. The second-order valence-corrected chi connectivity index (χ2v) is 6.12. The van der Waals surface area contributed by atoms with Crippen molar-refractivity contribution in [1.29, 1.82) is 10.5 Å². The zero-order valence-electron chi connectivity index (χ0n) is 11.4. The molecular weight excluding hydrogens is 284 g/mol. The lowest BCUT2D eigenvalue weighted by atomic mass is 9.93. The summed E-state index contributed by atoms with van der Waals surface area (Å²) < 4.78 is 5.40. The molecule has 1 saturated heterocycles. The Morgan fingerprint density at radius 1 is 1.19 bits per heavy atom. The number of hydrogen-bond donors (Lipinski definition) is 1. The van der Waals surface area contributed by atoms with Crippen LogP contribution in [0.3, 0.4) is 0 Å². The van der Waals surface area contributed by atoms with Crippen LogP contribution in [0.4, 0.5) is 5.69 Å². The Hall–Kier alpha value is -2.02. The lowest BCUT2D eigenvalue weighted by Crippen LogP contribution is -2.34. The summed E-state index contributed by atoms with van der Waals surface area (Å²) in [5.74, 6) is 0.972. The highest BCUT2D eigenvalue weighted by molar-refractivity contribution is 8.14. The maximum atomic E-state index is 9.06. The maximum absolute atomic E-state index is 9.06. The first-order chi connectivity index (χ1) is 10.2. The van der Waals surface area contributed by atoms with E-state index in [0.29, 0.717) is 11.1 Å². The zero-order valence-corrected chi connectivity index (χ0v) is 12.2. The van der Waals surface area contributed by atoms with Crippen LogP contribution in [-0.4, -0.2) is 29.7 Å². The Morgan fingerprint density at radius 2 is 1.95 bits per heavy atom. The molecule has 2 heterocycles. The summed E-state index contributed by atoms with van der Waals surface area (Å²) in [6.45, 7) is 1.54. The standard InChI is InChI=1S/C15H14N4OS/c16-8-11-1-2-13(7-12(11)9-17)18-14-19-15(10-21-14)3-5-20-6-4-15/h1-2,7H,3-6,10H2,(H,18,19). The molecule has 0 bridgehead atoms. The lowest BCUT2D eigenvalue weighted by Gasteiger charge is -2.29. The molecular formula is C15H14N4OS. The first-order valence-electron chi connectivity index (χ1n) is 6.76. The van der Waals surface area contributed by atoms with Crippen LogP contribution in [0, 0.1) is 22.7 Å². The van der Waals surface area contributed by atoms with Crippen LogP contribution in [0.2, 0.25) is 0 Å². The fourth-order valence-electron chi connectivity index (χ4n) is 2.49. The molecule has 0 radical (unpaired) electrons. The lowest BCUT2D eigenvalue weighted by molar-refractivity contribution is 0.0624. The van der Waals surface area contributed by atoms with Gasteiger partial charge in [-0.25, -0.2) is 0 Å². The predicted octanol–water partition coefficient (Wildman–Crippen LogP) is 2.49. The van der Waals surface area contributed by atoms with Crippen molar-refractivity contribution in [3.05, 3.63) is 29.3 Å². The fraction of sp³-hybridized carbons (Fsp3) is 0.400. The number of aliphatic imine (C=N–C) groups is 1. The van der Waals surface area contributed by atoms with Gasteiger partial charge >= 0.3 is 0 Å². The number of nitrogens with zero attached hydrogens (tertiary/aromatic N) is 3. The average molecular weight is 298 g/mol. The molecule has 5 nitrogen and oxygen atoms in total. The largest absolute Gasteiger partial charge is 0.381 e. The normalized spacial score (nSPS) is 19.6. The Kier molecular flexibility index (Phi) is 3.83. The summed E-state index contributed by atoms with van der Waals surface area (Å²) in [5.41, 5.74) is 1.58. The van der Waals surface area contributed by atoms with Crippen LogP contribution in [0.15, 0.2) is 23.2 Å². The molecule has 2 aliphatic heterocycles. The van der Waals surface area contributed by atoms with E-state index in [-0.39, 0.29) is 5.54 Å². The van der Waals surface area contributed by atoms with E-state index in [9.17, 15) is 0 Å². The molecule has 0 aliphatic carbocycles. The summed E-state index contributed by atoms with van der Waals surface area (Å²) in [6, 6.07) is 9.21. The van der Waals surface area contributed by atoms with Gasteiger partial charge in [-0.2, -0.15) is 10.5 Å². The van der Waals surface area contributed by atoms with Crippen molar-refractivity contribution in [2.24, 2.45) is 4.99 Å². The summed E-state index contributed by atoms with van der Waals surface area (Å²) in [5, 5.41) is 22.1. The summed E-state index contributed by atoms with van der Waals surface area (Å²) in [4.78, 5) is 4.81.